The van der Waals surface area contributed by atoms with Gasteiger partial charge in [-0.3, -0.25) is 5.10 Å². The minimum atomic E-state index is 0.274. The molecular formula is C10H18N4S. The van der Waals surface area contributed by atoms with Crippen LogP contribution in [-0.2, 0) is 0 Å². The number of aromatic amines is 1. The van der Waals surface area contributed by atoms with Gasteiger partial charge >= 0.3 is 0 Å². The zero-order valence-electron chi connectivity index (χ0n) is 9.29. The Bertz CT molecular complexity index is 404. The van der Waals surface area contributed by atoms with E-state index in [1.54, 1.807) is 0 Å². The van der Waals surface area contributed by atoms with E-state index in [1.165, 1.54) is 23.9 Å². The van der Waals surface area contributed by atoms with Crippen LogP contribution in [0.2, 0.25) is 0 Å². The summed E-state index contributed by atoms with van der Waals surface area (Å²) in [5.41, 5.74) is 0.274. The van der Waals surface area contributed by atoms with E-state index < -0.39 is 0 Å². The molecule has 5 heteroatoms. The average molecular weight is 226 g/mol. The van der Waals surface area contributed by atoms with Gasteiger partial charge in [0.1, 0.15) is 0 Å². The lowest BCUT2D eigenvalue weighted by Crippen LogP contribution is -2.30. The van der Waals surface area contributed by atoms with E-state index in [4.69, 9.17) is 18.1 Å². The molecule has 0 spiro atoms. The van der Waals surface area contributed by atoms with Crippen LogP contribution >= 0.6 is 12.2 Å². The molecule has 1 aromatic rings. The number of nitrogens with zero attached hydrogens (tertiary/aromatic N) is 2. The molecule has 0 aliphatic heterocycles. The largest absolute Gasteiger partial charge is 0.335 e. The lowest BCUT2D eigenvalue weighted by molar-refractivity contribution is 0.190. The van der Waals surface area contributed by atoms with Gasteiger partial charge in [-0.2, -0.15) is 5.10 Å². The first-order valence-corrected chi connectivity index (χ1v) is 5.85. The first-order valence-electron chi connectivity index (χ1n) is 5.45. The summed E-state index contributed by atoms with van der Waals surface area (Å²) in [6.45, 7) is 4.57. The summed E-state index contributed by atoms with van der Waals surface area (Å²) in [7, 11) is 0. The van der Waals surface area contributed by atoms with Crippen molar-refractivity contribution in [3.05, 3.63) is 10.6 Å². The molecule has 2 rings (SSSR count). The Morgan fingerprint density at radius 3 is 2.80 bits per heavy atom. The topological polar surface area (TPSA) is 59.6 Å². The smallest absolute Gasteiger partial charge is 0.214 e. The molecule has 1 saturated carbocycles. The average Bonchev–Trinajstić information content (AvgIpc) is 2.48. The van der Waals surface area contributed by atoms with Gasteiger partial charge in [-0.05, 0) is 30.5 Å². The fourth-order valence-corrected chi connectivity index (χ4v) is 2.67. The van der Waals surface area contributed by atoms with Gasteiger partial charge in [-0.15, -0.1) is 0 Å². The van der Waals surface area contributed by atoms with E-state index in [0.717, 1.165) is 12.2 Å². The Morgan fingerprint density at radius 2 is 2.27 bits per heavy atom. The number of nitrogens with two attached hydrogens (primary N) is 1. The molecule has 1 fully saturated rings. The minimum Gasteiger partial charge on any atom is -0.335 e. The van der Waals surface area contributed by atoms with Crippen LogP contribution in [0.3, 0.4) is 0 Å². The molecule has 1 aromatic heterocycles. The maximum Gasteiger partial charge on any atom is 0.214 e. The van der Waals surface area contributed by atoms with Gasteiger partial charge in [0, 0.05) is 5.92 Å². The molecule has 1 heterocycles. The highest BCUT2D eigenvalue weighted by molar-refractivity contribution is 7.71. The van der Waals surface area contributed by atoms with Crippen molar-refractivity contribution in [1.29, 1.82) is 0 Å². The Balaban J connectivity index is 2.37. The first kappa shape index (κ1) is 10.7. The van der Waals surface area contributed by atoms with Gasteiger partial charge in [0.2, 0.25) is 4.77 Å². The number of H-pyrrole nitrogens is 1. The Labute approximate surface area is 94.8 Å². The summed E-state index contributed by atoms with van der Waals surface area (Å²) in [6.07, 6.45) is 4.95. The van der Waals surface area contributed by atoms with E-state index in [2.05, 4.69) is 24.0 Å². The van der Waals surface area contributed by atoms with Gasteiger partial charge in [-0.1, -0.05) is 26.7 Å². The number of aromatic nitrogens is 3. The van der Waals surface area contributed by atoms with Crippen LogP contribution in [0.1, 0.15) is 51.3 Å². The second kappa shape index (κ2) is 3.63. The summed E-state index contributed by atoms with van der Waals surface area (Å²) in [5, 5.41) is 7.02. The molecule has 0 amide bonds. The highest BCUT2D eigenvalue weighted by Crippen LogP contribution is 2.45. The zero-order valence-corrected chi connectivity index (χ0v) is 10.1. The molecule has 3 N–H and O–H groups in total. The lowest BCUT2D eigenvalue weighted by atomic mass is 9.68. The fourth-order valence-electron chi connectivity index (χ4n) is 2.54. The van der Waals surface area contributed by atoms with Crippen molar-refractivity contribution >= 4 is 12.2 Å². The molecule has 84 valence electrons. The van der Waals surface area contributed by atoms with Crippen molar-refractivity contribution in [1.82, 2.24) is 14.9 Å². The molecular weight excluding hydrogens is 208 g/mol. The number of rotatable bonds is 1. The maximum absolute atomic E-state index is 5.87. The molecule has 1 aliphatic carbocycles. The highest BCUT2D eigenvalue weighted by atomic mass is 32.1. The Hall–Kier alpha value is -0.840. The van der Waals surface area contributed by atoms with Crippen LogP contribution in [0.15, 0.2) is 0 Å². The van der Waals surface area contributed by atoms with E-state index >= 15 is 0 Å². The predicted octanol–water partition coefficient (Wildman–Crippen LogP) is 2.34. The van der Waals surface area contributed by atoms with Gasteiger partial charge in [0.05, 0.1) is 0 Å². The highest BCUT2D eigenvalue weighted by Gasteiger charge is 2.36. The summed E-state index contributed by atoms with van der Waals surface area (Å²) < 4.78 is 2.03. The van der Waals surface area contributed by atoms with Crippen molar-refractivity contribution in [3.63, 3.8) is 0 Å². The standard InChI is InChI=1S/C10H18N4S/c1-10(2)6-4-3-5-7(10)8-12-13-9(15)14(8)11/h7H,3-6,11H2,1-2H3,(H,13,15). The minimum absolute atomic E-state index is 0.274. The number of hydrogen-bond donors (Lipinski definition) is 2. The number of hydrogen-bond acceptors (Lipinski definition) is 3. The summed E-state index contributed by atoms with van der Waals surface area (Å²) in [6, 6.07) is 0. The van der Waals surface area contributed by atoms with E-state index in [0.29, 0.717) is 10.7 Å². The quantitative estimate of drug-likeness (QED) is 0.571. The third kappa shape index (κ3) is 1.80. The lowest BCUT2D eigenvalue weighted by Gasteiger charge is -2.37. The monoisotopic (exact) mass is 226 g/mol. The fraction of sp³-hybridized carbons (Fsp3) is 0.800. The summed E-state index contributed by atoms with van der Waals surface area (Å²) in [5.74, 6) is 7.20. The van der Waals surface area contributed by atoms with Gasteiger partial charge in [0.15, 0.2) is 5.82 Å². The van der Waals surface area contributed by atoms with Gasteiger partial charge in [-0.25, -0.2) is 4.68 Å². The molecule has 0 radical (unpaired) electrons. The van der Waals surface area contributed by atoms with Crippen LogP contribution in [0, 0.1) is 10.2 Å². The number of nitrogens with one attached hydrogen (secondary N) is 1. The number of nitrogen functional groups attached to an aromatic ring is 1. The van der Waals surface area contributed by atoms with E-state index in [-0.39, 0.29) is 5.41 Å². The van der Waals surface area contributed by atoms with Crippen molar-refractivity contribution < 1.29 is 0 Å². The van der Waals surface area contributed by atoms with Gasteiger partial charge < -0.3 is 5.84 Å². The third-order valence-electron chi connectivity index (χ3n) is 3.55. The molecule has 1 unspecified atom stereocenters. The van der Waals surface area contributed by atoms with Crippen LogP contribution in [0.25, 0.3) is 0 Å². The second-order valence-corrected chi connectivity index (χ2v) is 5.43. The summed E-state index contributed by atoms with van der Waals surface area (Å²) >= 11 is 5.04. The molecule has 1 aliphatic rings. The molecule has 0 aromatic carbocycles. The Morgan fingerprint density at radius 1 is 1.53 bits per heavy atom. The van der Waals surface area contributed by atoms with Crippen LogP contribution in [-0.4, -0.2) is 14.9 Å². The normalized spacial score (nSPS) is 25.3. The molecule has 1 atom stereocenters. The van der Waals surface area contributed by atoms with E-state index in [1.807, 2.05) is 0 Å². The Kier molecular flexibility index (Phi) is 2.58. The van der Waals surface area contributed by atoms with Crippen LogP contribution < -0.4 is 5.84 Å². The van der Waals surface area contributed by atoms with Gasteiger partial charge in [0.25, 0.3) is 0 Å². The van der Waals surface area contributed by atoms with Crippen LogP contribution in [0.5, 0.6) is 0 Å². The second-order valence-electron chi connectivity index (χ2n) is 5.04. The van der Waals surface area contributed by atoms with Crippen LogP contribution in [0.4, 0.5) is 0 Å². The molecule has 15 heavy (non-hydrogen) atoms. The molecule has 0 saturated heterocycles. The van der Waals surface area contributed by atoms with Crippen molar-refractivity contribution in [2.24, 2.45) is 5.41 Å². The van der Waals surface area contributed by atoms with Crippen molar-refractivity contribution in [3.8, 4) is 0 Å². The molecule has 0 bridgehead atoms. The van der Waals surface area contributed by atoms with Crippen molar-refractivity contribution in [2.45, 2.75) is 45.4 Å². The van der Waals surface area contributed by atoms with E-state index in [9.17, 15) is 0 Å². The zero-order chi connectivity index (χ0) is 11.1. The summed E-state index contributed by atoms with van der Waals surface area (Å²) in [4.78, 5) is 0. The first-order chi connectivity index (χ1) is 7.02. The predicted molar refractivity (Wildman–Crippen MR) is 62.6 cm³/mol. The maximum atomic E-state index is 5.87. The van der Waals surface area contributed by atoms with Crippen molar-refractivity contribution in [2.75, 3.05) is 5.84 Å². The molecule has 4 nitrogen and oxygen atoms in total. The third-order valence-corrected chi connectivity index (χ3v) is 3.84. The SMILES string of the molecule is CC1(C)CCCCC1c1n[nH]c(=S)n1N.